The van der Waals surface area contributed by atoms with E-state index in [1.165, 1.54) is 19.2 Å². The fraction of sp³-hybridized carbons (Fsp3) is 0.174. The molecule has 0 bridgehead atoms. The van der Waals surface area contributed by atoms with Crippen LogP contribution in [0.1, 0.15) is 11.1 Å². The number of anilines is 2. The zero-order valence-corrected chi connectivity index (χ0v) is 20.2. The molecule has 10 heteroatoms. The number of nitro benzene ring substituents is 1. The zero-order chi connectivity index (χ0) is 24.0. The molecule has 3 aromatic rings. The molecule has 3 rings (SSSR count). The number of benzene rings is 3. The Morgan fingerprint density at radius 3 is 2.45 bits per heavy atom. The number of non-ortho nitro benzene ring substituents is 1. The van der Waals surface area contributed by atoms with Crippen molar-refractivity contribution >= 4 is 50.5 Å². The van der Waals surface area contributed by atoms with Gasteiger partial charge in [-0.05, 0) is 70.4 Å². The van der Waals surface area contributed by atoms with Crippen molar-refractivity contribution in [2.45, 2.75) is 13.5 Å². The van der Waals surface area contributed by atoms with Crippen LogP contribution < -0.4 is 20.1 Å². The van der Waals surface area contributed by atoms with Gasteiger partial charge in [0.2, 0.25) is 0 Å². The molecule has 0 heterocycles. The lowest BCUT2D eigenvalue weighted by molar-refractivity contribution is -0.384. The van der Waals surface area contributed by atoms with Gasteiger partial charge in [0, 0.05) is 35.1 Å². The number of nitrogens with one attached hydrogen (secondary N) is 2. The molecular weight excluding hydrogens is 514 g/mol. The van der Waals surface area contributed by atoms with E-state index in [2.05, 4.69) is 26.6 Å². The van der Waals surface area contributed by atoms with Crippen molar-refractivity contribution in [3.63, 3.8) is 0 Å². The van der Waals surface area contributed by atoms with Crippen LogP contribution in [0.15, 0.2) is 59.1 Å². The first-order chi connectivity index (χ1) is 15.8. The number of hydrogen-bond acceptors (Lipinski definition) is 6. The largest absolute Gasteiger partial charge is 0.493 e. The second-order valence-electron chi connectivity index (χ2n) is 7.07. The van der Waals surface area contributed by atoms with E-state index in [-0.39, 0.29) is 18.2 Å². The lowest BCUT2D eigenvalue weighted by atomic mass is 10.2. The number of nitrogens with zero attached hydrogens (tertiary/aromatic N) is 1. The van der Waals surface area contributed by atoms with Crippen LogP contribution in [0.3, 0.4) is 0 Å². The van der Waals surface area contributed by atoms with Gasteiger partial charge in [-0.2, -0.15) is 0 Å². The molecule has 33 heavy (non-hydrogen) atoms. The van der Waals surface area contributed by atoms with Crippen molar-refractivity contribution in [3.8, 4) is 11.5 Å². The second-order valence-corrected chi connectivity index (χ2v) is 8.33. The summed E-state index contributed by atoms with van der Waals surface area (Å²) in [6.07, 6.45) is 0. The minimum absolute atomic E-state index is 0.0287. The monoisotopic (exact) mass is 533 g/mol. The summed E-state index contributed by atoms with van der Waals surface area (Å²) in [6, 6.07) is 15.0. The molecule has 0 aliphatic rings. The highest BCUT2D eigenvalue weighted by Crippen LogP contribution is 2.37. The Morgan fingerprint density at radius 2 is 1.82 bits per heavy atom. The van der Waals surface area contributed by atoms with Gasteiger partial charge in [0.15, 0.2) is 18.1 Å². The van der Waals surface area contributed by atoms with Gasteiger partial charge in [-0.1, -0.05) is 17.7 Å². The Kier molecular flexibility index (Phi) is 8.13. The maximum absolute atomic E-state index is 12.3. The number of aryl methyl sites for hydroxylation is 1. The molecule has 2 N–H and O–H groups in total. The number of rotatable bonds is 9. The van der Waals surface area contributed by atoms with Crippen LogP contribution in [0, 0.1) is 17.0 Å². The molecule has 1 amide bonds. The topological polar surface area (TPSA) is 103 Å². The summed E-state index contributed by atoms with van der Waals surface area (Å²) in [7, 11) is 1.51. The fourth-order valence-corrected chi connectivity index (χ4v) is 3.71. The summed E-state index contributed by atoms with van der Waals surface area (Å²) in [5.41, 5.74) is 3.15. The zero-order valence-electron chi connectivity index (χ0n) is 17.9. The van der Waals surface area contributed by atoms with E-state index < -0.39 is 4.92 Å². The fourth-order valence-electron chi connectivity index (χ4n) is 2.93. The molecule has 0 aromatic heterocycles. The van der Waals surface area contributed by atoms with Crippen molar-refractivity contribution in [1.82, 2.24) is 0 Å². The molecule has 0 saturated heterocycles. The second kappa shape index (κ2) is 11.0. The number of halogens is 2. The summed E-state index contributed by atoms with van der Waals surface area (Å²) in [4.78, 5) is 22.6. The average Bonchev–Trinajstić information content (AvgIpc) is 2.79. The molecule has 0 radical (unpaired) electrons. The molecular formula is C23H21BrClN3O5. The molecule has 0 aliphatic carbocycles. The molecule has 3 aromatic carbocycles. The highest BCUT2D eigenvalue weighted by Gasteiger charge is 2.14. The Morgan fingerprint density at radius 1 is 1.12 bits per heavy atom. The quantitative estimate of drug-likeness (QED) is 0.259. The summed E-state index contributed by atoms with van der Waals surface area (Å²) in [5.74, 6) is 0.512. The highest BCUT2D eigenvalue weighted by atomic mass is 79.9. The molecule has 172 valence electrons. The summed E-state index contributed by atoms with van der Waals surface area (Å²) in [5, 5.41) is 17.3. The SMILES string of the molecule is COc1cc(CNc2ccc([N+](=O)[O-])cc2)cc(Br)c1OCC(=O)Nc1ccc(C)c(Cl)c1. The van der Waals surface area contributed by atoms with Gasteiger partial charge in [0.1, 0.15) is 0 Å². The molecule has 0 fully saturated rings. The number of methoxy groups -OCH3 is 1. The Hall–Kier alpha value is -3.30. The highest BCUT2D eigenvalue weighted by molar-refractivity contribution is 9.10. The van der Waals surface area contributed by atoms with Gasteiger partial charge >= 0.3 is 0 Å². The standard InChI is InChI=1S/C23H21BrClN3O5/c1-14-3-4-17(11-20(14)25)27-22(29)13-33-23-19(24)9-15(10-21(23)32-2)12-26-16-5-7-18(8-6-16)28(30)31/h3-11,26H,12-13H2,1-2H3,(H,27,29). The van der Waals surface area contributed by atoms with Crippen LogP contribution in [0.2, 0.25) is 5.02 Å². The number of amides is 1. The molecule has 0 atom stereocenters. The van der Waals surface area contributed by atoms with Crippen LogP contribution in [-0.2, 0) is 11.3 Å². The van der Waals surface area contributed by atoms with Gasteiger partial charge in [-0.25, -0.2) is 0 Å². The summed E-state index contributed by atoms with van der Waals surface area (Å²) in [6.45, 7) is 2.11. The Balaban J connectivity index is 1.62. The van der Waals surface area contributed by atoms with E-state index in [1.54, 1.807) is 30.3 Å². The lowest BCUT2D eigenvalue weighted by Gasteiger charge is -2.15. The van der Waals surface area contributed by atoms with Crippen LogP contribution in [0.5, 0.6) is 11.5 Å². The van der Waals surface area contributed by atoms with Crippen LogP contribution in [-0.4, -0.2) is 24.5 Å². The summed E-state index contributed by atoms with van der Waals surface area (Å²) >= 11 is 9.56. The van der Waals surface area contributed by atoms with E-state index in [4.69, 9.17) is 21.1 Å². The van der Waals surface area contributed by atoms with Crippen molar-refractivity contribution in [1.29, 1.82) is 0 Å². The van der Waals surface area contributed by atoms with Crippen molar-refractivity contribution in [2.24, 2.45) is 0 Å². The third-order valence-corrected chi connectivity index (χ3v) is 5.66. The maximum atomic E-state index is 12.3. The van der Waals surface area contributed by atoms with E-state index in [0.29, 0.717) is 33.2 Å². The normalized spacial score (nSPS) is 10.4. The minimum atomic E-state index is -0.444. The Bertz CT molecular complexity index is 1170. The van der Waals surface area contributed by atoms with E-state index in [1.807, 2.05) is 19.1 Å². The number of carbonyl (C=O) groups is 1. The third kappa shape index (κ3) is 6.59. The van der Waals surface area contributed by atoms with Gasteiger partial charge in [0.05, 0.1) is 16.5 Å². The third-order valence-electron chi connectivity index (χ3n) is 4.67. The first-order valence-electron chi connectivity index (χ1n) is 9.80. The van der Waals surface area contributed by atoms with Crippen molar-refractivity contribution in [3.05, 3.63) is 85.3 Å². The molecule has 0 spiro atoms. The number of hydrogen-bond donors (Lipinski definition) is 2. The van der Waals surface area contributed by atoms with Gasteiger partial charge < -0.3 is 20.1 Å². The van der Waals surface area contributed by atoms with E-state index in [9.17, 15) is 14.9 Å². The Labute approximate surface area is 204 Å². The first kappa shape index (κ1) is 24.3. The molecule has 0 saturated carbocycles. The maximum Gasteiger partial charge on any atom is 0.269 e. The predicted molar refractivity (Wildman–Crippen MR) is 131 cm³/mol. The summed E-state index contributed by atoms with van der Waals surface area (Å²) < 4.78 is 11.8. The van der Waals surface area contributed by atoms with Gasteiger partial charge in [-0.15, -0.1) is 0 Å². The number of carbonyl (C=O) groups excluding carboxylic acids is 1. The smallest absolute Gasteiger partial charge is 0.269 e. The van der Waals surface area contributed by atoms with Crippen LogP contribution >= 0.6 is 27.5 Å². The van der Waals surface area contributed by atoms with E-state index >= 15 is 0 Å². The average molecular weight is 535 g/mol. The van der Waals surface area contributed by atoms with Crippen LogP contribution in [0.25, 0.3) is 0 Å². The van der Waals surface area contributed by atoms with Gasteiger partial charge in [-0.3, -0.25) is 14.9 Å². The first-order valence-corrected chi connectivity index (χ1v) is 11.0. The number of ether oxygens (including phenoxy) is 2. The van der Waals surface area contributed by atoms with Crippen molar-refractivity contribution < 1.29 is 19.2 Å². The number of nitro groups is 1. The minimum Gasteiger partial charge on any atom is -0.493 e. The predicted octanol–water partition coefficient (Wildman–Crippen LogP) is 5.96. The lowest BCUT2D eigenvalue weighted by Crippen LogP contribution is -2.20. The molecule has 0 unspecified atom stereocenters. The van der Waals surface area contributed by atoms with E-state index in [0.717, 1.165) is 16.8 Å². The molecule has 0 aliphatic heterocycles. The van der Waals surface area contributed by atoms with Gasteiger partial charge in [0.25, 0.3) is 11.6 Å². The molecule has 8 nitrogen and oxygen atoms in total. The van der Waals surface area contributed by atoms with Crippen molar-refractivity contribution in [2.75, 3.05) is 24.4 Å². The van der Waals surface area contributed by atoms with Crippen LogP contribution in [0.4, 0.5) is 17.1 Å².